The van der Waals surface area contributed by atoms with E-state index in [1.165, 1.54) is 22.6 Å². The first-order chi connectivity index (χ1) is 25.5. The molecule has 1 N–H and O–H groups in total. The Morgan fingerprint density at radius 1 is 0.873 bits per heavy atom. The van der Waals surface area contributed by atoms with Gasteiger partial charge in [0.2, 0.25) is 0 Å². The van der Waals surface area contributed by atoms with Crippen LogP contribution in [0.2, 0.25) is 0 Å². The molecule has 6 aromatic rings. The Balaban J connectivity index is 0.000000320. The number of furan rings is 2. The zero-order valence-corrected chi connectivity index (χ0v) is 37.4. The molecule has 0 spiro atoms. The van der Waals surface area contributed by atoms with E-state index in [0.717, 1.165) is 87.6 Å². The molecule has 3 aromatic heterocycles. The van der Waals surface area contributed by atoms with Crippen molar-refractivity contribution in [3.63, 3.8) is 0 Å². The summed E-state index contributed by atoms with van der Waals surface area (Å²) < 4.78 is 12.6. The van der Waals surface area contributed by atoms with E-state index in [-0.39, 0.29) is 47.9 Å². The number of pyridine rings is 1. The van der Waals surface area contributed by atoms with E-state index in [1.807, 2.05) is 60.1 Å². The van der Waals surface area contributed by atoms with Gasteiger partial charge in [0, 0.05) is 65.2 Å². The van der Waals surface area contributed by atoms with Gasteiger partial charge in [0.25, 0.3) is 0 Å². The van der Waals surface area contributed by atoms with Crippen LogP contribution in [0, 0.1) is 29.7 Å². The van der Waals surface area contributed by atoms with E-state index in [9.17, 15) is 9.90 Å². The number of ketones is 1. The minimum Gasteiger partial charge on any atom is -0.512 e. The van der Waals surface area contributed by atoms with Crippen LogP contribution in [0.1, 0.15) is 119 Å². The first-order valence-electron chi connectivity index (χ1n) is 19.8. The van der Waals surface area contributed by atoms with E-state index in [1.54, 1.807) is 0 Å². The number of aliphatic hydroxyl groups is 1. The zero-order valence-electron chi connectivity index (χ0n) is 35.0. The summed E-state index contributed by atoms with van der Waals surface area (Å²) in [5, 5.41) is 14.6. The molecule has 0 atom stereocenters. The number of aliphatic hydroxyl groups excluding tert-OH is 1. The van der Waals surface area contributed by atoms with Crippen molar-refractivity contribution >= 4 is 38.5 Å². The van der Waals surface area contributed by atoms with Gasteiger partial charge in [-0.3, -0.25) is 9.78 Å². The van der Waals surface area contributed by atoms with Crippen LogP contribution in [0.3, 0.4) is 0 Å². The first kappa shape index (κ1) is 43.7. The number of benzene rings is 3. The molecule has 6 rings (SSSR count). The molecule has 295 valence electrons. The third kappa shape index (κ3) is 9.03. The zero-order chi connectivity index (χ0) is 39.6. The van der Waals surface area contributed by atoms with Gasteiger partial charge >= 0.3 is 0 Å². The third-order valence-electron chi connectivity index (χ3n) is 11.8. The van der Waals surface area contributed by atoms with Crippen molar-refractivity contribution in [1.82, 2.24) is 4.98 Å². The Morgan fingerprint density at radius 3 is 2.15 bits per heavy atom. The van der Waals surface area contributed by atoms with E-state index in [0.29, 0.717) is 5.92 Å². The molecule has 0 aliphatic heterocycles. The number of aromatic nitrogens is 1. The quantitative estimate of drug-likeness (QED) is 0.0796. The summed E-state index contributed by atoms with van der Waals surface area (Å²) in [6.45, 7) is 25.4. The van der Waals surface area contributed by atoms with E-state index in [4.69, 9.17) is 13.8 Å². The van der Waals surface area contributed by atoms with Gasteiger partial charge in [0.05, 0.1) is 5.56 Å². The topological polar surface area (TPSA) is 76.5 Å². The standard InChI is InChI=1S/C34H32NO2.C15H28O2.Ir/c1-20(2)15-22-11-12-27-28(19-36-30(27)16-22)32-21(3)25-13-14-35-31(33(25)37-32)24-17-23-9-7-8-10-26(23)29(18-24)34(4,5)6;1-7-14(5,8-2)12(16)11-13(17)15(6,9-3)10-4;/h7-14,16,18-20H,15H2,1-6H3;11,16H,7-10H2,1-6H3;/q-1;;/b;12-11-;. The van der Waals surface area contributed by atoms with Gasteiger partial charge in [-0.1, -0.05) is 117 Å². The van der Waals surface area contributed by atoms with Crippen molar-refractivity contribution in [2.45, 2.75) is 121 Å². The predicted molar refractivity (Wildman–Crippen MR) is 226 cm³/mol. The monoisotopic (exact) mass is 919 g/mol. The van der Waals surface area contributed by atoms with Crippen LogP contribution in [0.5, 0.6) is 0 Å². The van der Waals surface area contributed by atoms with Gasteiger partial charge < -0.3 is 13.9 Å². The van der Waals surface area contributed by atoms with Gasteiger partial charge in [0.1, 0.15) is 28.9 Å². The summed E-state index contributed by atoms with van der Waals surface area (Å²) in [6, 6.07) is 22.9. The fourth-order valence-electron chi connectivity index (χ4n) is 7.11. The molecule has 0 saturated heterocycles. The van der Waals surface area contributed by atoms with Gasteiger partial charge in [-0.2, -0.15) is 0 Å². The normalized spacial score (nSPS) is 12.6. The van der Waals surface area contributed by atoms with Crippen molar-refractivity contribution in [3.05, 3.63) is 102 Å². The van der Waals surface area contributed by atoms with Crippen LogP contribution in [0.25, 0.3) is 55.3 Å². The number of aryl methyl sites for hydroxylation is 1. The number of allylic oxidation sites excluding steroid dienone is 2. The summed E-state index contributed by atoms with van der Waals surface area (Å²) in [5.74, 6) is 1.71. The second-order valence-electron chi connectivity index (χ2n) is 17.0. The SMILES string of the molecule is CCC(C)(CC)C(=O)/C=C(\O)C(C)(CC)CC.Cc1c(-c2coc3cc(CC(C)C)ccc23)oc2c(-c3[c-]c4ccccc4c(C(C)(C)C)c3)nccc12.[Ir]. The number of hydrogen-bond acceptors (Lipinski definition) is 5. The van der Waals surface area contributed by atoms with Crippen molar-refractivity contribution in [2.24, 2.45) is 16.7 Å². The fraction of sp³-hybridized carbons (Fsp3) is 0.429. The van der Waals surface area contributed by atoms with Crippen LogP contribution >= 0.6 is 0 Å². The number of carbonyl (C=O) groups is 1. The summed E-state index contributed by atoms with van der Waals surface area (Å²) in [5.41, 5.74) is 7.44. The molecule has 0 bridgehead atoms. The molecule has 0 aliphatic carbocycles. The Labute approximate surface area is 342 Å². The second kappa shape index (κ2) is 17.4. The molecular weight excluding hydrogens is 859 g/mol. The molecular formula is C49H60IrNO4-. The largest absolute Gasteiger partial charge is 0.512 e. The Kier molecular flexibility index (Phi) is 13.9. The van der Waals surface area contributed by atoms with Crippen molar-refractivity contribution in [3.8, 4) is 22.6 Å². The Hall–Kier alpha value is -3.99. The van der Waals surface area contributed by atoms with E-state index in [2.05, 4.69) is 96.1 Å². The fourth-order valence-corrected chi connectivity index (χ4v) is 7.11. The van der Waals surface area contributed by atoms with Crippen molar-refractivity contribution < 1.29 is 38.8 Å². The molecule has 0 aliphatic rings. The first-order valence-corrected chi connectivity index (χ1v) is 19.8. The molecule has 1 radical (unpaired) electrons. The summed E-state index contributed by atoms with van der Waals surface area (Å²) in [4.78, 5) is 17.0. The van der Waals surface area contributed by atoms with Gasteiger partial charge in [-0.25, -0.2) is 0 Å². The van der Waals surface area contributed by atoms with Crippen LogP contribution in [-0.4, -0.2) is 15.9 Å². The summed E-state index contributed by atoms with van der Waals surface area (Å²) in [6.07, 6.45) is 9.48. The molecule has 55 heavy (non-hydrogen) atoms. The van der Waals surface area contributed by atoms with Crippen molar-refractivity contribution in [1.29, 1.82) is 0 Å². The van der Waals surface area contributed by atoms with Gasteiger partial charge in [-0.15, -0.1) is 29.1 Å². The smallest absolute Gasteiger partial charge is 0.164 e. The van der Waals surface area contributed by atoms with Crippen LogP contribution in [0.4, 0.5) is 0 Å². The average molecular weight is 919 g/mol. The number of nitrogens with zero attached hydrogens (tertiary/aromatic N) is 1. The molecule has 3 aromatic carbocycles. The molecule has 0 amide bonds. The minimum absolute atomic E-state index is 0. The summed E-state index contributed by atoms with van der Waals surface area (Å²) >= 11 is 0. The van der Waals surface area contributed by atoms with Crippen LogP contribution in [-0.2, 0) is 36.7 Å². The van der Waals surface area contributed by atoms with Gasteiger partial charge in [0.15, 0.2) is 5.78 Å². The predicted octanol–water partition coefficient (Wildman–Crippen LogP) is 14.3. The number of rotatable bonds is 11. The van der Waals surface area contributed by atoms with E-state index < -0.39 is 0 Å². The van der Waals surface area contributed by atoms with Gasteiger partial charge in [-0.05, 0) is 68.1 Å². The van der Waals surface area contributed by atoms with Crippen molar-refractivity contribution in [2.75, 3.05) is 0 Å². The summed E-state index contributed by atoms with van der Waals surface area (Å²) in [7, 11) is 0. The Bertz CT molecular complexity index is 2290. The maximum Gasteiger partial charge on any atom is 0.164 e. The molecule has 0 saturated carbocycles. The number of hydrogen-bond donors (Lipinski definition) is 1. The molecule has 0 fully saturated rings. The molecule has 5 nitrogen and oxygen atoms in total. The Morgan fingerprint density at radius 2 is 1.53 bits per heavy atom. The molecule has 3 heterocycles. The second-order valence-corrected chi connectivity index (χ2v) is 17.0. The minimum atomic E-state index is -0.337. The van der Waals surface area contributed by atoms with Crippen LogP contribution in [0.15, 0.2) is 87.7 Å². The average Bonchev–Trinajstić information content (AvgIpc) is 3.72. The molecule has 0 unspecified atom stereocenters. The third-order valence-corrected chi connectivity index (χ3v) is 11.8. The maximum atomic E-state index is 12.2. The maximum absolute atomic E-state index is 12.2. The van der Waals surface area contributed by atoms with Crippen LogP contribution < -0.4 is 0 Å². The number of fused-ring (bicyclic) bond motifs is 3. The van der Waals surface area contributed by atoms with E-state index >= 15 is 0 Å². The number of carbonyl (C=O) groups excluding carboxylic acids is 1. The molecule has 6 heteroatoms.